The van der Waals surface area contributed by atoms with E-state index in [1.165, 1.54) is 0 Å². The van der Waals surface area contributed by atoms with Crippen molar-refractivity contribution in [3.8, 4) is 0 Å². The molecule has 1 aliphatic rings. The van der Waals surface area contributed by atoms with Gasteiger partial charge in [-0.1, -0.05) is 0 Å². The Balaban J connectivity index is 2.49. The average molecular weight is 132 g/mol. The Kier molecular flexibility index (Phi) is 1.72. The first-order valence-corrected chi connectivity index (χ1v) is 3.02. The lowest BCUT2D eigenvalue weighted by Crippen LogP contribution is -2.59. The van der Waals surface area contributed by atoms with E-state index < -0.39 is 6.17 Å². The molecule has 2 unspecified atom stereocenters. The van der Waals surface area contributed by atoms with Crippen LogP contribution in [0.25, 0.3) is 0 Å². The molecule has 0 aliphatic carbocycles. The minimum Gasteiger partial charge on any atom is -0.632 e. The maximum Gasteiger partial charge on any atom is 0.163 e. The summed E-state index contributed by atoms with van der Waals surface area (Å²) in [5, 5.41) is 11.2. The number of morpholine rings is 1. The van der Waals surface area contributed by atoms with Crippen LogP contribution < -0.4 is 5.73 Å². The van der Waals surface area contributed by atoms with Gasteiger partial charge in [0.1, 0.15) is 13.2 Å². The summed E-state index contributed by atoms with van der Waals surface area (Å²) < 4.78 is 4.62. The second kappa shape index (κ2) is 2.22. The van der Waals surface area contributed by atoms with Crippen LogP contribution in [0, 0.1) is 5.21 Å². The molecule has 0 radical (unpaired) electrons. The van der Waals surface area contributed by atoms with Gasteiger partial charge in [0.2, 0.25) is 0 Å². The molecule has 1 aliphatic heterocycles. The number of ether oxygens (including phenoxy) is 1. The first-order valence-electron chi connectivity index (χ1n) is 3.02. The van der Waals surface area contributed by atoms with Crippen LogP contribution in [0.4, 0.5) is 0 Å². The Hall–Kier alpha value is -0.160. The zero-order valence-electron chi connectivity index (χ0n) is 5.54. The van der Waals surface area contributed by atoms with Crippen LogP contribution in [0.2, 0.25) is 0 Å². The second-order valence-electron chi connectivity index (χ2n) is 2.54. The fraction of sp³-hybridized carbons (Fsp3) is 1.00. The van der Waals surface area contributed by atoms with E-state index in [0.717, 1.165) is 0 Å². The van der Waals surface area contributed by atoms with Crippen LogP contribution in [0.15, 0.2) is 0 Å². The molecule has 54 valence electrons. The number of nitrogens with two attached hydrogens (primary N) is 1. The van der Waals surface area contributed by atoms with Crippen molar-refractivity contribution in [1.29, 1.82) is 0 Å². The van der Waals surface area contributed by atoms with Crippen molar-refractivity contribution in [3.05, 3.63) is 5.21 Å². The lowest BCUT2D eigenvalue weighted by atomic mass is 10.4. The monoisotopic (exact) mass is 132 g/mol. The minimum absolute atomic E-state index is 0.361. The lowest BCUT2D eigenvalue weighted by Gasteiger charge is -2.45. The molecule has 0 amide bonds. The predicted octanol–water partition coefficient (Wildman–Crippen LogP) is -0.754. The summed E-state index contributed by atoms with van der Waals surface area (Å²) in [6.45, 7) is 1.40. The fourth-order valence-corrected chi connectivity index (χ4v) is 0.773. The van der Waals surface area contributed by atoms with Gasteiger partial charge in [0.15, 0.2) is 6.17 Å². The second-order valence-corrected chi connectivity index (χ2v) is 2.54. The number of hydrogen-bond donors (Lipinski definition) is 1. The highest BCUT2D eigenvalue weighted by molar-refractivity contribution is 4.54. The van der Waals surface area contributed by atoms with Crippen molar-refractivity contribution in [2.24, 2.45) is 5.73 Å². The molecule has 1 fully saturated rings. The molecule has 1 rings (SSSR count). The van der Waals surface area contributed by atoms with Gasteiger partial charge in [0.05, 0.1) is 13.7 Å². The van der Waals surface area contributed by atoms with E-state index in [2.05, 4.69) is 0 Å². The summed E-state index contributed by atoms with van der Waals surface area (Å²) in [6.07, 6.45) is -0.390. The number of quaternary nitrogens is 1. The normalized spacial score (nSPS) is 45.0. The molecule has 2 atom stereocenters. The number of nitrogens with zero attached hydrogens (tertiary/aromatic N) is 1. The van der Waals surface area contributed by atoms with Crippen LogP contribution in [0.5, 0.6) is 0 Å². The van der Waals surface area contributed by atoms with E-state index in [1.54, 1.807) is 7.05 Å². The van der Waals surface area contributed by atoms with Gasteiger partial charge in [0.25, 0.3) is 0 Å². The molecule has 0 aromatic carbocycles. The summed E-state index contributed by atoms with van der Waals surface area (Å²) in [4.78, 5) is 0. The molecular formula is C5H12N2O2. The van der Waals surface area contributed by atoms with E-state index in [-0.39, 0.29) is 4.65 Å². The van der Waals surface area contributed by atoms with E-state index in [4.69, 9.17) is 10.5 Å². The van der Waals surface area contributed by atoms with Gasteiger partial charge in [0, 0.05) is 0 Å². The van der Waals surface area contributed by atoms with E-state index in [1.807, 2.05) is 0 Å². The lowest BCUT2D eigenvalue weighted by molar-refractivity contribution is -0.894. The van der Waals surface area contributed by atoms with E-state index >= 15 is 0 Å². The number of rotatable bonds is 0. The highest BCUT2D eigenvalue weighted by Crippen LogP contribution is 2.08. The maximum absolute atomic E-state index is 11.2. The van der Waals surface area contributed by atoms with Gasteiger partial charge >= 0.3 is 0 Å². The SMILES string of the molecule is C[N+]1([O-])CCOCC1N. The first-order chi connectivity index (χ1) is 4.13. The van der Waals surface area contributed by atoms with Crippen molar-refractivity contribution in [1.82, 2.24) is 0 Å². The summed E-state index contributed by atoms with van der Waals surface area (Å²) in [5.41, 5.74) is 5.45. The molecule has 4 nitrogen and oxygen atoms in total. The molecule has 0 bridgehead atoms. The molecule has 0 spiro atoms. The van der Waals surface area contributed by atoms with E-state index in [0.29, 0.717) is 19.8 Å². The highest BCUT2D eigenvalue weighted by atomic mass is 16.6. The van der Waals surface area contributed by atoms with Gasteiger partial charge in [-0.15, -0.1) is 0 Å². The van der Waals surface area contributed by atoms with Crippen molar-refractivity contribution in [3.63, 3.8) is 0 Å². The largest absolute Gasteiger partial charge is 0.632 e. The molecule has 1 heterocycles. The maximum atomic E-state index is 11.2. The quantitative estimate of drug-likeness (QED) is 0.348. The van der Waals surface area contributed by atoms with Gasteiger partial charge in [-0.2, -0.15) is 0 Å². The van der Waals surface area contributed by atoms with Crippen LogP contribution >= 0.6 is 0 Å². The topological polar surface area (TPSA) is 58.3 Å². The Morgan fingerprint density at radius 2 is 2.44 bits per heavy atom. The first kappa shape index (κ1) is 6.95. The molecule has 4 heteroatoms. The van der Waals surface area contributed by atoms with Crippen LogP contribution in [-0.2, 0) is 4.74 Å². The summed E-state index contributed by atoms with van der Waals surface area (Å²) in [7, 11) is 1.58. The molecule has 1 saturated heterocycles. The molecule has 0 aromatic rings. The third-order valence-corrected chi connectivity index (χ3v) is 1.67. The smallest absolute Gasteiger partial charge is 0.163 e. The number of likely N-dealkylation sites (N-methyl/N-ethyl adjacent to an activating group) is 1. The van der Waals surface area contributed by atoms with Gasteiger partial charge in [-0.05, 0) is 0 Å². The summed E-state index contributed by atoms with van der Waals surface area (Å²) in [6, 6.07) is 0. The van der Waals surface area contributed by atoms with Crippen molar-refractivity contribution in [2.45, 2.75) is 6.17 Å². The number of hydrogen-bond acceptors (Lipinski definition) is 3. The van der Waals surface area contributed by atoms with Crippen LogP contribution in [0.3, 0.4) is 0 Å². The summed E-state index contributed by atoms with van der Waals surface area (Å²) in [5.74, 6) is 0. The van der Waals surface area contributed by atoms with Crippen molar-refractivity contribution >= 4 is 0 Å². The Morgan fingerprint density at radius 1 is 1.78 bits per heavy atom. The molecule has 9 heavy (non-hydrogen) atoms. The summed E-state index contributed by atoms with van der Waals surface area (Å²) >= 11 is 0. The Bertz CT molecular complexity index is 105. The average Bonchev–Trinajstić information content (AvgIpc) is 1.77. The Morgan fingerprint density at radius 3 is 2.78 bits per heavy atom. The molecule has 0 saturated carbocycles. The fourth-order valence-electron chi connectivity index (χ4n) is 0.773. The minimum atomic E-state index is -0.390. The standard InChI is InChI=1S/C5H12N2O2/c1-7(8)2-3-9-4-5(7)6/h5H,2-4,6H2,1H3. The van der Waals surface area contributed by atoms with Gasteiger partial charge < -0.3 is 14.6 Å². The molecular weight excluding hydrogens is 120 g/mol. The van der Waals surface area contributed by atoms with Crippen LogP contribution in [0.1, 0.15) is 0 Å². The van der Waals surface area contributed by atoms with Gasteiger partial charge in [-0.3, -0.25) is 5.73 Å². The zero-order valence-corrected chi connectivity index (χ0v) is 5.54. The van der Waals surface area contributed by atoms with Crippen LogP contribution in [-0.4, -0.2) is 37.6 Å². The molecule has 0 aromatic heterocycles. The van der Waals surface area contributed by atoms with E-state index in [9.17, 15) is 5.21 Å². The molecule has 2 N–H and O–H groups in total. The third kappa shape index (κ3) is 1.40. The number of hydroxylamine groups is 3. The zero-order chi connectivity index (χ0) is 6.91. The Labute approximate surface area is 54.4 Å². The predicted molar refractivity (Wildman–Crippen MR) is 33.2 cm³/mol. The van der Waals surface area contributed by atoms with Crippen molar-refractivity contribution < 1.29 is 9.38 Å². The third-order valence-electron chi connectivity index (χ3n) is 1.67. The highest BCUT2D eigenvalue weighted by Gasteiger charge is 2.24. The van der Waals surface area contributed by atoms with Gasteiger partial charge in [-0.25, -0.2) is 0 Å². The van der Waals surface area contributed by atoms with Crippen molar-refractivity contribution in [2.75, 3.05) is 26.8 Å².